The maximum Gasteiger partial charge on any atom is 0.129 e. The van der Waals surface area contributed by atoms with Crippen molar-refractivity contribution >= 4 is 8.07 Å². The maximum absolute atomic E-state index is 9.61. The Labute approximate surface area is 120 Å². The molecule has 104 valence electrons. The molecular formula is C17H26OSi. The molecular weight excluding hydrogens is 248 g/mol. The van der Waals surface area contributed by atoms with Gasteiger partial charge in [0.15, 0.2) is 0 Å². The van der Waals surface area contributed by atoms with Crippen molar-refractivity contribution in [3.63, 3.8) is 0 Å². The highest BCUT2D eigenvalue weighted by Gasteiger charge is 2.06. The van der Waals surface area contributed by atoms with Crippen LogP contribution in [-0.2, 0) is 0 Å². The smallest absolute Gasteiger partial charge is 0.129 e. The third kappa shape index (κ3) is 14.8. The number of aliphatic hydroxyl groups is 1. The maximum atomic E-state index is 9.61. The van der Waals surface area contributed by atoms with Crippen molar-refractivity contribution in [1.82, 2.24) is 0 Å². The summed E-state index contributed by atoms with van der Waals surface area (Å²) in [6.45, 7) is 6.74. The van der Waals surface area contributed by atoms with Gasteiger partial charge in [-0.15, -0.1) is 29.7 Å². The molecule has 0 aromatic rings. The Balaban J connectivity index is 3.63. The Morgan fingerprint density at radius 1 is 1.00 bits per heavy atom. The van der Waals surface area contributed by atoms with Gasteiger partial charge in [0.05, 0.1) is 0 Å². The van der Waals surface area contributed by atoms with Gasteiger partial charge >= 0.3 is 0 Å². The second kappa shape index (κ2) is 10.7. The number of terminal acetylenes is 1. The van der Waals surface area contributed by atoms with Crippen LogP contribution in [0.4, 0.5) is 0 Å². The number of aliphatic hydroxyl groups excluding tert-OH is 1. The van der Waals surface area contributed by atoms with E-state index in [1.807, 2.05) is 0 Å². The van der Waals surface area contributed by atoms with Crippen molar-refractivity contribution < 1.29 is 5.11 Å². The van der Waals surface area contributed by atoms with E-state index in [-0.39, 0.29) is 0 Å². The molecule has 0 aromatic heterocycles. The van der Waals surface area contributed by atoms with Gasteiger partial charge in [-0.05, 0) is 25.7 Å². The summed E-state index contributed by atoms with van der Waals surface area (Å²) in [7, 11) is -1.22. The molecule has 0 aromatic carbocycles. The molecule has 1 N–H and O–H groups in total. The van der Waals surface area contributed by atoms with Gasteiger partial charge in [-0.25, -0.2) is 0 Å². The van der Waals surface area contributed by atoms with Crippen LogP contribution in [0.15, 0.2) is 0 Å². The van der Waals surface area contributed by atoms with E-state index in [0.29, 0.717) is 0 Å². The molecule has 19 heavy (non-hydrogen) atoms. The van der Waals surface area contributed by atoms with Gasteiger partial charge < -0.3 is 5.11 Å². The Bertz CT molecular complexity index is 389. The first-order valence-corrected chi connectivity index (χ1v) is 10.6. The number of hydrogen-bond donors (Lipinski definition) is 1. The number of hydrogen-bond acceptors (Lipinski definition) is 1. The molecule has 0 saturated carbocycles. The van der Waals surface area contributed by atoms with Crippen molar-refractivity contribution in [1.29, 1.82) is 0 Å². The molecule has 0 aliphatic rings. The highest BCUT2D eigenvalue weighted by Crippen LogP contribution is 2.03. The van der Waals surface area contributed by atoms with E-state index in [0.717, 1.165) is 44.9 Å². The first kappa shape index (κ1) is 17.9. The van der Waals surface area contributed by atoms with Crippen LogP contribution in [0, 0.1) is 35.6 Å². The van der Waals surface area contributed by atoms with Crippen LogP contribution in [0.3, 0.4) is 0 Å². The van der Waals surface area contributed by atoms with Gasteiger partial charge in [0.2, 0.25) is 0 Å². The lowest BCUT2D eigenvalue weighted by Gasteiger charge is -2.02. The highest BCUT2D eigenvalue weighted by atomic mass is 28.3. The SMILES string of the molecule is C#CCCCCC(O)C#CCCCC#C[Si](C)(C)C. The summed E-state index contributed by atoms with van der Waals surface area (Å²) >= 11 is 0. The minimum atomic E-state index is -1.22. The fraction of sp³-hybridized carbons (Fsp3) is 0.647. The van der Waals surface area contributed by atoms with Gasteiger partial charge in [-0.2, -0.15) is 0 Å². The second-order valence-electron chi connectivity index (χ2n) is 5.69. The molecule has 0 spiro atoms. The molecule has 0 heterocycles. The Morgan fingerprint density at radius 3 is 2.32 bits per heavy atom. The number of unbranched alkanes of at least 4 members (excludes halogenated alkanes) is 4. The molecule has 1 atom stereocenters. The standard InChI is InChI=1S/C17H26OSi/c1-5-6-7-11-14-17(18)15-12-9-8-10-13-16-19(2,3)4/h1,17-18H,6-11,14H2,2-4H3. The van der Waals surface area contributed by atoms with Gasteiger partial charge in [0, 0.05) is 19.3 Å². The van der Waals surface area contributed by atoms with E-state index >= 15 is 0 Å². The first-order chi connectivity index (χ1) is 8.95. The molecule has 0 aliphatic carbocycles. The largest absolute Gasteiger partial charge is 0.380 e. The summed E-state index contributed by atoms with van der Waals surface area (Å²) in [5, 5.41) is 9.61. The van der Waals surface area contributed by atoms with Crippen molar-refractivity contribution in [3.8, 4) is 35.6 Å². The molecule has 0 radical (unpaired) electrons. The zero-order valence-electron chi connectivity index (χ0n) is 12.6. The minimum Gasteiger partial charge on any atom is -0.380 e. The fourth-order valence-corrected chi connectivity index (χ4v) is 2.08. The average Bonchev–Trinajstić information content (AvgIpc) is 2.32. The van der Waals surface area contributed by atoms with Crippen LogP contribution in [0.5, 0.6) is 0 Å². The lowest BCUT2D eigenvalue weighted by atomic mass is 10.1. The summed E-state index contributed by atoms with van der Waals surface area (Å²) in [5.41, 5.74) is 3.34. The Morgan fingerprint density at radius 2 is 1.68 bits per heavy atom. The summed E-state index contributed by atoms with van der Waals surface area (Å²) in [6, 6.07) is 0. The van der Waals surface area contributed by atoms with Crippen LogP contribution in [0.2, 0.25) is 19.6 Å². The molecule has 0 rings (SSSR count). The van der Waals surface area contributed by atoms with Gasteiger partial charge in [0.25, 0.3) is 0 Å². The van der Waals surface area contributed by atoms with Crippen LogP contribution < -0.4 is 0 Å². The van der Waals surface area contributed by atoms with E-state index in [9.17, 15) is 5.11 Å². The van der Waals surface area contributed by atoms with Gasteiger partial charge in [-0.3, -0.25) is 0 Å². The van der Waals surface area contributed by atoms with Crippen LogP contribution in [-0.4, -0.2) is 19.3 Å². The quantitative estimate of drug-likeness (QED) is 0.446. The summed E-state index contributed by atoms with van der Waals surface area (Å²) in [6.07, 6.45) is 10.8. The molecule has 0 aliphatic heterocycles. The van der Waals surface area contributed by atoms with Crippen molar-refractivity contribution in [2.75, 3.05) is 0 Å². The van der Waals surface area contributed by atoms with E-state index in [1.54, 1.807) is 0 Å². The molecule has 1 nitrogen and oxygen atoms in total. The summed E-state index contributed by atoms with van der Waals surface area (Å²) in [5.74, 6) is 11.7. The van der Waals surface area contributed by atoms with Gasteiger partial charge in [-0.1, -0.05) is 25.6 Å². The Hall–Kier alpha value is -1.14. The van der Waals surface area contributed by atoms with Crippen LogP contribution >= 0.6 is 0 Å². The topological polar surface area (TPSA) is 20.2 Å². The van der Waals surface area contributed by atoms with Crippen LogP contribution in [0.25, 0.3) is 0 Å². The van der Waals surface area contributed by atoms with Crippen LogP contribution in [0.1, 0.15) is 44.9 Å². The lowest BCUT2D eigenvalue weighted by Crippen LogP contribution is -2.16. The van der Waals surface area contributed by atoms with Crippen molar-refractivity contribution in [2.24, 2.45) is 0 Å². The fourth-order valence-electron chi connectivity index (χ4n) is 1.42. The molecule has 1 unspecified atom stereocenters. The zero-order valence-corrected chi connectivity index (χ0v) is 13.6. The minimum absolute atomic E-state index is 0.495. The summed E-state index contributed by atoms with van der Waals surface area (Å²) in [4.78, 5) is 0. The van der Waals surface area contributed by atoms with Gasteiger partial charge in [0.1, 0.15) is 14.2 Å². The molecule has 0 fully saturated rings. The first-order valence-electron chi connectivity index (χ1n) is 7.05. The predicted molar refractivity (Wildman–Crippen MR) is 86.1 cm³/mol. The van der Waals surface area contributed by atoms with Crippen molar-refractivity contribution in [3.05, 3.63) is 0 Å². The predicted octanol–water partition coefficient (Wildman–Crippen LogP) is 3.60. The van der Waals surface area contributed by atoms with Crippen molar-refractivity contribution in [2.45, 2.75) is 70.7 Å². The molecule has 0 bridgehead atoms. The molecule has 0 saturated heterocycles. The third-order valence-electron chi connectivity index (χ3n) is 2.38. The Kier molecular flexibility index (Phi) is 10.1. The highest BCUT2D eigenvalue weighted by molar-refractivity contribution is 6.83. The normalized spacial score (nSPS) is 11.5. The summed E-state index contributed by atoms with van der Waals surface area (Å²) < 4.78 is 0. The zero-order chi connectivity index (χ0) is 14.6. The average molecular weight is 274 g/mol. The lowest BCUT2D eigenvalue weighted by molar-refractivity contribution is 0.218. The second-order valence-corrected chi connectivity index (χ2v) is 10.4. The van der Waals surface area contributed by atoms with E-state index in [2.05, 4.69) is 48.9 Å². The van der Waals surface area contributed by atoms with E-state index in [1.165, 1.54) is 0 Å². The molecule has 0 amide bonds. The third-order valence-corrected chi connectivity index (χ3v) is 3.31. The number of rotatable bonds is 6. The molecule has 2 heteroatoms. The van der Waals surface area contributed by atoms with E-state index < -0.39 is 14.2 Å². The van der Waals surface area contributed by atoms with E-state index in [4.69, 9.17) is 6.42 Å². The monoisotopic (exact) mass is 274 g/mol.